The third-order valence-electron chi connectivity index (χ3n) is 3.69. The summed E-state index contributed by atoms with van der Waals surface area (Å²) in [6.07, 6.45) is 2.83. The smallest absolute Gasteiger partial charge is 0.342 e. The molecule has 9 heteroatoms. The molecule has 27 heavy (non-hydrogen) atoms. The van der Waals surface area contributed by atoms with Gasteiger partial charge in [-0.2, -0.15) is 5.10 Å². The van der Waals surface area contributed by atoms with Gasteiger partial charge in [-0.15, -0.1) is 0 Å². The van der Waals surface area contributed by atoms with Crippen LogP contribution in [-0.4, -0.2) is 38.4 Å². The average molecular weight is 387 g/mol. The van der Waals surface area contributed by atoms with Crippen molar-refractivity contribution in [2.45, 2.75) is 6.92 Å². The van der Waals surface area contributed by atoms with Crippen molar-refractivity contribution in [1.82, 2.24) is 14.8 Å². The molecule has 2 aromatic carbocycles. The van der Waals surface area contributed by atoms with E-state index in [1.165, 1.54) is 23.4 Å². The first-order valence-corrected chi connectivity index (χ1v) is 8.23. The fraction of sp³-hybridized carbons (Fsp3) is 0.111. The van der Waals surface area contributed by atoms with E-state index in [0.717, 1.165) is 0 Å². The van der Waals surface area contributed by atoms with Gasteiger partial charge in [0.25, 0.3) is 5.91 Å². The summed E-state index contributed by atoms with van der Waals surface area (Å²) >= 11 is 5.99. The van der Waals surface area contributed by atoms with Gasteiger partial charge >= 0.3 is 5.97 Å². The number of halogens is 1. The lowest BCUT2D eigenvalue weighted by Crippen LogP contribution is -2.22. The Morgan fingerprint density at radius 2 is 2.11 bits per heavy atom. The highest BCUT2D eigenvalue weighted by molar-refractivity contribution is 6.31. The maximum Gasteiger partial charge on any atom is 0.342 e. The molecular formula is C18H15ClN4O4. The number of carbonyl (C=O) groups is 2. The number of phenols is 1. The van der Waals surface area contributed by atoms with E-state index in [0.29, 0.717) is 22.0 Å². The van der Waals surface area contributed by atoms with Crippen LogP contribution in [0.2, 0.25) is 5.02 Å². The van der Waals surface area contributed by atoms with Gasteiger partial charge in [0.2, 0.25) is 0 Å². The van der Waals surface area contributed by atoms with Gasteiger partial charge in [0.15, 0.2) is 6.61 Å². The zero-order valence-electron chi connectivity index (χ0n) is 14.2. The fourth-order valence-electron chi connectivity index (χ4n) is 2.36. The van der Waals surface area contributed by atoms with Crippen LogP contribution in [0.3, 0.4) is 0 Å². The van der Waals surface area contributed by atoms with Crippen LogP contribution >= 0.6 is 11.6 Å². The Morgan fingerprint density at radius 1 is 1.30 bits per heavy atom. The second-order valence-corrected chi connectivity index (χ2v) is 6.03. The molecule has 1 aromatic heterocycles. The van der Waals surface area contributed by atoms with E-state index >= 15 is 0 Å². The lowest BCUT2D eigenvalue weighted by Gasteiger charge is -2.12. The van der Waals surface area contributed by atoms with Crippen LogP contribution in [0.25, 0.3) is 5.69 Å². The molecule has 0 bridgehead atoms. The van der Waals surface area contributed by atoms with E-state index in [9.17, 15) is 14.7 Å². The number of anilines is 1. The second kappa shape index (κ2) is 7.88. The van der Waals surface area contributed by atoms with E-state index in [-0.39, 0.29) is 11.3 Å². The van der Waals surface area contributed by atoms with E-state index in [4.69, 9.17) is 16.3 Å². The first kappa shape index (κ1) is 18.4. The van der Waals surface area contributed by atoms with Gasteiger partial charge in [0.1, 0.15) is 24.0 Å². The van der Waals surface area contributed by atoms with Gasteiger partial charge in [0, 0.05) is 5.02 Å². The Morgan fingerprint density at radius 3 is 2.85 bits per heavy atom. The third-order valence-corrected chi connectivity index (χ3v) is 3.93. The quantitative estimate of drug-likeness (QED) is 0.653. The molecule has 0 aliphatic rings. The van der Waals surface area contributed by atoms with Gasteiger partial charge in [-0.05, 0) is 36.8 Å². The normalized spacial score (nSPS) is 10.4. The second-order valence-electron chi connectivity index (χ2n) is 5.60. The van der Waals surface area contributed by atoms with Gasteiger partial charge in [-0.25, -0.2) is 14.5 Å². The first-order valence-electron chi connectivity index (χ1n) is 7.86. The molecule has 0 aliphatic carbocycles. The number of para-hydroxylation sites is 1. The summed E-state index contributed by atoms with van der Waals surface area (Å²) < 4.78 is 6.44. The predicted molar refractivity (Wildman–Crippen MR) is 98.1 cm³/mol. The number of nitrogens with zero attached hydrogens (tertiary/aromatic N) is 3. The lowest BCUT2D eigenvalue weighted by molar-refractivity contribution is -0.119. The highest BCUT2D eigenvalue weighted by atomic mass is 35.5. The van der Waals surface area contributed by atoms with Crippen LogP contribution in [0.4, 0.5) is 5.69 Å². The number of aromatic hydroxyl groups is 1. The van der Waals surface area contributed by atoms with Gasteiger partial charge in [-0.3, -0.25) is 4.79 Å². The SMILES string of the molecule is Cc1cccc(C(=O)OCC(=O)Nc2cc(Cl)ccc2-n2cncn2)c1O. The molecule has 0 aliphatic heterocycles. The molecule has 3 aromatic rings. The van der Waals surface area contributed by atoms with Crippen molar-refractivity contribution in [1.29, 1.82) is 0 Å². The summed E-state index contributed by atoms with van der Waals surface area (Å²) in [5.74, 6) is -1.54. The number of ether oxygens (including phenoxy) is 1. The third kappa shape index (κ3) is 4.24. The van der Waals surface area contributed by atoms with Crippen LogP contribution in [0, 0.1) is 6.92 Å². The topological polar surface area (TPSA) is 106 Å². The Kier molecular flexibility index (Phi) is 5.37. The standard InChI is InChI=1S/C18H15ClN4O4/c1-11-3-2-4-13(17(11)25)18(26)27-8-16(24)22-14-7-12(19)5-6-15(14)23-10-20-9-21-23/h2-7,9-10,25H,8H2,1H3,(H,22,24). The number of phenolic OH excluding ortho intramolecular Hbond substituents is 1. The minimum atomic E-state index is -0.797. The predicted octanol–water partition coefficient (Wildman–Crippen LogP) is 2.73. The van der Waals surface area contributed by atoms with Crippen LogP contribution in [-0.2, 0) is 9.53 Å². The van der Waals surface area contributed by atoms with Crippen molar-refractivity contribution in [3.05, 3.63) is 65.2 Å². The molecule has 138 valence electrons. The van der Waals surface area contributed by atoms with Crippen LogP contribution in [0.5, 0.6) is 5.75 Å². The molecule has 0 radical (unpaired) electrons. The molecule has 0 saturated heterocycles. The molecule has 2 N–H and O–H groups in total. The number of hydrogen-bond acceptors (Lipinski definition) is 6. The number of carbonyl (C=O) groups excluding carboxylic acids is 2. The van der Waals surface area contributed by atoms with Crippen LogP contribution in [0.15, 0.2) is 49.1 Å². The van der Waals surface area contributed by atoms with Crippen molar-refractivity contribution in [2.75, 3.05) is 11.9 Å². The molecule has 1 heterocycles. The summed E-state index contributed by atoms with van der Waals surface area (Å²) in [4.78, 5) is 28.1. The summed E-state index contributed by atoms with van der Waals surface area (Å²) in [5.41, 5.74) is 1.46. The van der Waals surface area contributed by atoms with Crippen molar-refractivity contribution < 1.29 is 19.4 Å². The maximum atomic E-state index is 12.2. The van der Waals surface area contributed by atoms with Gasteiger partial charge < -0.3 is 15.2 Å². The Balaban J connectivity index is 1.69. The van der Waals surface area contributed by atoms with Crippen LogP contribution < -0.4 is 5.32 Å². The van der Waals surface area contributed by atoms with Gasteiger partial charge in [-0.1, -0.05) is 23.7 Å². The molecule has 1 amide bonds. The van der Waals surface area contributed by atoms with E-state index in [2.05, 4.69) is 15.4 Å². The highest BCUT2D eigenvalue weighted by Gasteiger charge is 2.16. The Labute approximate surface area is 159 Å². The Bertz CT molecular complexity index is 989. The van der Waals surface area contributed by atoms with E-state index in [1.807, 2.05) is 0 Å². The van der Waals surface area contributed by atoms with Crippen molar-refractivity contribution in [3.8, 4) is 11.4 Å². The van der Waals surface area contributed by atoms with E-state index < -0.39 is 18.5 Å². The number of benzene rings is 2. The number of rotatable bonds is 5. The molecule has 0 unspecified atom stereocenters. The summed E-state index contributed by atoms with van der Waals surface area (Å²) in [6.45, 7) is 1.12. The number of aryl methyl sites for hydroxylation is 1. The van der Waals surface area contributed by atoms with Gasteiger partial charge in [0.05, 0.1) is 11.4 Å². The van der Waals surface area contributed by atoms with Crippen molar-refractivity contribution in [3.63, 3.8) is 0 Å². The molecule has 0 atom stereocenters. The molecule has 8 nitrogen and oxygen atoms in total. The number of esters is 1. The zero-order chi connectivity index (χ0) is 19.4. The van der Waals surface area contributed by atoms with Crippen molar-refractivity contribution in [2.24, 2.45) is 0 Å². The molecule has 0 saturated carbocycles. The summed E-state index contributed by atoms with van der Waals surface area (Å²) in [7, 11) is 0. The average Bonchev–Trinajstić information content (AvgIpc) is 3.16. The lowest BCUT2D eigenvalue weighted by atomic mass is 10.1. The number of aromatic nitrogens is 3. The minimum absolute atomic E-state index is 0.00569. The minimum Gasteiger partial charge on any atom is -0.507 e. The largest absolute Gasteiger partial charge is 0.507 e. The molecular weight excluding hydrogens is 372 g/mol. The molecule has 0 spiro atoms. The fourth-order valence-corrected chi connectivity index (χ4v) is 2.53. The first-order chi connectivity index (χ1) is 13.0. The highest BCUT2D eigenvalue weighted by Crippen LogP contribution is 2.24. The number of nitrogens with one attached hydrogen (secondary N) is 1. The van der Waals surface area contributed by atoms with Crippen LogP contribution in [0.1, 0.15) is 15.9 Å². The van der Waals surface area contributed by atoms with E-state index in [1.54, 1.807) is 37.3 Å². The Hall–Kier alpha value is -3.39. The number of amides is 1. The summed E-state index contributed by atoms with van der Waals surface area (Å²) in [5, 5.41) is 17.0. The zero-order valence-corrected chi connectivity index (χ0v) is 15.0. The maximum absolute atomic E-state index is 12.2. The van der Waals surface area contributed by atoms with Crippen molar-refractivity contribution >= 4 is 29.2 Å². The number of hydrogen-bond donors (Lipinski definition) is 2. The summed E-state index contributed by atoms with van der Waals surface area (Å²) in [6, 6.07) is 9.55. The monoisotopic (exact) mass is 386 g/mol. The molecule has 3 rings (SSSR count). The molecule has 0 fully saturated rings.